The van der Waals surface area contributed by atoms with Gasteiger partial charge in [0.05, 0.1) is 22.2 Å². The van der Waals surface area contributed by atoms with E-state index in [-0.39, 0.29) is 23.4 Å². The highest BCUT2D eigenvalue weighted by molar-refractivity contribution is 9.10. The zero-order chi connectivity index (χ0) is 30.4. The number of hydrogen-bond acceptors (Lipinski definition) is 5. The maximum Gasteiger partial charge on any atom is 0.264 e. The van der Waals surface area contributed by atoms with Gasteiger partial charge in [0.15, 0.2) is 0 Å². The molecule has 3 aromatic rings. The Kier molecular flexibility index (Phi) is 10.3. The zero-order valence-electron chi connectivity index (χ0n) is 23.8. The van der Waals surface area contributed by atoms with Gasteiger partial charge in [-0.25, -0.2) is 12.8 Å². The molecule has 224 valence electrons. The number of methoxy groups -OCH3 is 1. The molecule has 1 aliphatic rings. The Morgan fingerprint density at radius 3 is 2.29 bits per heavy atom. The highest BCUT2D eigenvalue weighted by Crippen LogP contribution is 2.31. The molecule has 0 saturated heterocycles. The molecule has 1 aliphatic carbocycles. The fraction of sp³-hybridized carbons (Fsp3) is 0.355. The molecular formula is C31H35BrFN3O5S. The minimum absolute atomic E-state index is 0.00572. The summed E-state index contributed by atoms with van der Waals surface area (Å²) in [4.78, 5) is 28.6. The Hall–Kier alpha value is -3.44. The molecule has 0 aromatic heterocycles. The van der Waals surface area contributed by atoms with E-state index in [0.717, 1.165) is 35.6 Å². The molecule has 8 nitrogen and oxygen atoms in total. The van der Waals surface area contributed by atoms with Crippen molar-refractivity contribution in [1.82, 2.24) is 10.2 Å². The average Bonchev–Trinajstić information content (AvgIpc) is 3.48. The summed E-state index contributed by atoms with van der Waals surface area (Å²) in [6.45, 7) is 2.94. The van der Waals surface area contributed by atoms with Crippen LogP contribution in [-0.2, 0) is 26.2 Å². The van der Waals surface area contributed by atoms with E-state index < -0.39 is 34.3 Å². The lowest BCUT2D eigenvalue weighted by Crippen LogP contribution is -2.52. The predicted molar refractivity (Wildman–Crippen MR) is 163 cm³/mol. The van der Waals surface area contributed by atoms with Gasteiger partial charge in [-0.2, -0.15) is 0 Å². The number of carbonyl (C=O) groups is 2. The SMILES string of the molecule is COc1ccc(S(=O)(=O)N(CC(=O)N(Cc2ccc(F)cc2)[C@@H](C)C(=O)NC2CCCC2)c2ccc(C)cc2)cc1Br. The Morgan fingerprint density at radius 2 is 1.69 bits per heavy atom. The molecule has 0 aliphatic heterocycles. The first-order valence-electron chi connectivity index (χ1n) is 13.8. The highest BCUT2D eigenvalue weighted by atomic mass is 79.9. The molecule has 1 N–H and O–H groups in total. The Labute approximate surface area is 255 Å². The van der Waals surface area contributed by atoms with E-state index in [1.165, 1.54) is 42.3 Å². The summed E-state index contributed by atoms with van der Waals surface area (Å²) in [5.74, 6) is -0.864. The van der Waals surface area contributed by atoms with Gasteiger partial charge in [0.2, 0.25) is 11.8 Å². The summed E-state index contributed by atoms with van der Waals surface area (Å²) in [6.07, 6.45) is 3.81. The van der Waals surface area contributed by atoms with Gasteiger partial charge in [-0.1, -0.05) is 42.7 Å². The fourth-order valence-corrected chi connectivity index (χ4v) is 7.07. The van der Waals surface area contributed by atoms with Crippen LogP contribution in [0.15, 0.2) is 76.1 Å². The van der Waals surface area contributed by atoms with Crippen molar-refractivity contribution in [3.05, 3.63) is 88.1 Å². The maximum atomic E-state index is 14.0. The largest absolute Gasteiger partial charge is 0.496 e. The van der Waals surface area contributed by atoms with Crippen molar-refractivity contribution in [2.75, 3.05) is 18.0 Å². The molecule has 0 spiro atoms. The number of sulfonamides is 1. The zero-order valence-corrected chi connectivity index (χ0v) is 26.3. The van der Waals surface area contributed by atoms with Gasteiger partial charge in [0.1, 0.15) is 24.2 Å². The van der Waals surface area contributed by atoms with Crippen LogP contribution in [0.4, 0.5) is 10.1 Å². The number of halogens is 2. The molecule has 1 atom stereocenters. The van der Waals surface area contributed by atoms with Crippen LogP contribution >= 0.6 is 15.9 Å². The molecule has 4 rings (SSSR count). The van der Waals surface area contributed by atoms with Crippen molar-refractivity contribution >= 4 is 43.5 Å². The highest BCUT2D eigenvalue weighted by Gasteiger charge is 2.33. The number of carbonyl (C=O) groups excluding carboxylic acids is 2. The second-order valence-electron chi connectivity index (χ2n) is 10.5. The standard InChI is InChI=1S/C31H35BrFN3O5S/c1-21-8-14-26(15-9-21)36(42(39,40)27-16-17-29(41-3)28(32)18-27)20-30(37)35(19-23-10-12-24(33)13-11-23)22(2)31(38)34-25-6-4-5-7-25/h8-18,22,25H,4-7,19-20H2,1-3H3,(H,34,38)/t22-/m0/s1. The lowest BCUT2D eigenvalue weighted by atomic mass is 10.1. The van der Waals surface area contributed by atoms with Crippen molar-refractivity contribution in [1.29, 1.82) is 0 Å². The number of hydrogen-bond donors (Lipinski definition) is 1. The summed E-state index contributed by atoms with van der Waals surface area (Å²) in [5, 5.41) is 3.03. The monoisotopic (exact) mass is 659 g/mol. The third kappa shape index (κ3) is 7.49. The number of ether oxygens (including phenoxy) is 1. The van der Waals surface area contributed by atoms with Crippen molar-refractivity contribution in [2.24, 2.45) is 0 Å². The summed E-state index contributed by atoms with van der Waals surface area (Å²) >= 11 is 3.35. The Balaban J connectivity index is 1.69. The van der Waals surface area contributed by atoms with E-state index in [4.69, 9.17) is 4.74 Å². The van der Waals surface area contributed by atoms with E-state index in [2.05, 4.69) is 21.2 Å². The topological polar surface area (TPSA) is 96.0 Å². The van der Waals surface area contributed by atoms with Gasteiger partial charge in [-0.15, -0.1) is 0 Å². The quantitative estimate of drug-likeness (QED) is 0.290. The second kappa shape index (κ2) is 13.7. The number of aryl methyl sites for hydroxylation is 1. The molecule has 0 bridgehead atoms. The minimum Gasteiger partial charge on any atom is -0.496 e. The van der Waals surface area contributed by atoms with E-state index in [1.54, 1.807) is 43.3 Å². The number of nitrogens with zero attached hydrogens (tertiary/aromatic N) is 2. The van der Waals surface area contributed by atoms with Crippen LogP contribution in [0.25, 0.3) is 0 Å². The Bertz CT molecular complexity index is 1510. The van der Waals surface area contributed by atoms with Crippen LogP contribution in [0.1, 0.15) is 43.7 Å². The number of amides is 2. The maximum absolute atomic E-state index is 14.0. The van der Waals surface area contributed by atoms with Gasteiger partial charge in [-0.05, 0) is 90.6 Å². The van der Waals surface area contributed by atoms with E-state index in [1.807, 2.05) is 6.92 Å². The fourth-order valence-electron chi connectivity index (χ4n) is 4.94. The lowest BCUT2D eigenvalue weighted by molar-refractivity contribution is -0.139. The predicted octanol–water partition coefficient (Wildman–Crippen LogP) is 5.58. The van der Waals surface area contributed by atoms with Gasteiger partial charge < -0.3 is 15.0 Å². The summed E-state index contributed by atoms with van der Waals surface area (Å²) in [6, 6.07) is 16.0. The third-order valence-electron chi connectivity index (χ3n) is 7.45. The first-order valence-corrected chi connectivity index (χ1v) is 16.0. The van der Waals surface area contributed by atoms with Crippen LogP contribution in [0.3, 0.4) is 0 Å². The first kappa shape index (κ1) is 31.5. The summed E-state index contributed by atoms with van der Waals surface area (Å²) in [7, 11) is -2.76. The van der Waals surface area contributed by atoms with Crippen molar-refractivity contribution in [3.8, 4) is 5.75 Å². The van der Waals surface area contributed by atoms with Crippen LogP contribution in [0.5, 0.6) is 5.75 Å². The molecule has 11 heteroatoms. The van der Waals surface area contributed by atoms with E-state index in [0.29, 0.717) is 21.5 Å². The molecule has 1 saturated carbocycles. The van der Waals surface area contributed by atoms with Crippen LogP contribution in [-0.4, -0.2) is 50.9 Å². The van der Waals surface area contributed by atoms with Crippen LogP contribution in [0, 0.1) is 12.7 Å². The normalized spacial score (nSPS) is 14.3. The van der Waals surface area contributed by atoms with Gasteiger partial charge >= 0.3 is 0 Å². The van der Waals surface area contributed by atoms with Gasteiger partial charge in [-0.3, -0.25) is 13.9 Å². The lowest BCUT2D eigenvalue weighted by Gasteiger charge is -2.32. The molecule has 0 heterocycles. The molecule has 1 fully saturated rings. The molecule has 2 amide bonds. The van der Waals surface area contributed by atoms with Crippen LogP contribution in [0.2, 0.25) is 0 Å². The third-order valence-corrected chi connectivity index (χ3v) is 9.84. The average molecular weight is 661 g/mol. The molecule has 0 unspecified atom stereocenters. The smallest absolute Gasteiger partial charge is 0.264 e. The van der Waals surface area contributed by atoms with E-state index in [9.17, 15) is 22.4 Å². The van der Waals surface area contributed by atoms with Crippen LogP contribution < -0.4 is 14.4 Å². The number of anilines is 1. The van der Waals surface area contributed by atoms with Crippen molar-refractivity contribution in [2.45, 2.75) is 63.1 Å². The molecule has 0 radical (unpaired) electrons. The van der Waals surface area contributed by atoms with Crippen molar-refractivity contribution in [3.63, 3.8) is 0 Å². The number of nitrogens with one attached hydrogen (secondary N) is 1. The minimum atomic E-state index is -4.24. The Morgan fingerprint density at radius 1 is 1.05 bits per heavy atom. The van der Waals surface area contributed by atoms with Gasteiger partial charge in [0.25, 0.3) is 10.0 Å². The number of rotatable bonds is 11. The van der Waals surface area contributed by atoms with Crippen molar-refractivity contribution < 1.29 is 27.1 Å². The second-order valence-corrected chi connectivity index (χ2v) is 13.2. The van der Waals surface area contributed by atoms with E-state index >= 15 is 0 Å². The summed E-state index contributed by atoms with van der Waals surface area (Å²) in [5.41, 5.74) is 1.82. The summed E-state index contributed by atoms with van der Waals surface area (Å²) < 4.78 is 48.4. The number of benzene rings is 3. The molecule has 42 heavy (non-hydrogen) atoms. The molecular weight excluding hydrogens is 625 g/mol. The first-order chi connectivity index (χ1) is 20.0. The van der Waals surface area contributed by atoms with Gasteiger partial charge in [0, 0.05) is 12.6 Å². The molecule has 3 aromatic carbocycles.